The van der Waals surface area contributed by atoms with Gasteiger partial charge in [0.25, 0.3) is 0 Å². The number of hydrogen-bond acceptors (Lipinski definition) is 2. The summed E-state index contributed by atoms with van der Waals surface area (Å²) in [4.78, 5) is 0.214. The van der Waals surface area contributed by atoms with Crippen molar-refractivity contribution in [1.82, 2.24) is 4.31 Å². The van der Waals surface area contributed by atoms with E-state index in [1.165, 1.54) is 22.5 Å². The van der Waals surface area contributed by atoms with E-state index in [1.54, 1.807) is 0 Å². The number of hydrogen-bond donors (Lipinski definition) is 0. The Morgan fingerprint density at radius 2 is 2.00 bits per heavy atom. The zero-order valence-electron chi connectivity index (χ0n) is 10.1. The Morgan fingerprint density at radius 3 is 2.61 bits per heavy atom. The third-order valence-corrected chi connectivity index (χ3v) is 5.75. The van der Waals surface area contributed by atoms with Crippen molar-refractivity contribution in [2.24, 2.45) is 5.92 Å². The van der Waals surface area contributed by atoms with Crippen molar-refractivity contribution in [2.45, 2.75) is 24.7 Å². The number of benzene rings is 1. The Morgan fingerprint density at radius 1 is 1.28 bits per heavy atom. The monoisotopic (exact) mass is 307 g/mol. The number of sulfonamides is 1. The molecule has 1 atom stereocenters. The first kappa shape index (κ1) is 14.1. The van der Waals surface area contributed by atoms with Crippen LogP contribution in [0.5, 0.6) is 0 Å². The van der Waals surface area contributed by atoms with Gasteiger partial charge in [-0.25, -0.2) is 8.42 Å². The molecular weight excluding hydrogens is 293 g/mol. The second-order valence-corrected chi connectivity index (χ2v) is 7.44. The maximum Gasteiger partial charge on any atom is 0.243 e. The van der Waals surface area contributed by atoms with Crippen molar-refractivity contribution in [3.05, 3.63) is 28.2 Å². The van der Waals surface area contributed by atoms with E-state index < -0.39 is 10.0 Å². The van der Waals surface area contributed by atoms with Crippen LogP contribution in [-0.4, -0.2) is 25.8 Å². The minimum Gasteiger partial charge on any atom is -0.207 e. The Labute approximate surface area is 118 Å². The van der Waals surface area contributed by atoms with Gasteiger partial charge < -0.3 is 0 Å². The first-order valence-corrected chi connectivity index (χ1v) is 8.06. The number of nitrogens with zero attached hydrogens (tertiary/aromatic N) is 1. The lowest BCUT2D eigenvalue weighted by atomic mass is 10.0. The highest BCUT2D eigenvalue weighted by atomic mass is 35.5. The van der Waals surface area contributed by atoms with Crippen LogP contribution in [0.3, 0.4) is 0 Å². The van der Waals surface area contributed by atoms with E-state index >= 15 is 0 Å². The number of piperidine rings is 1. The summed E-state index contributed by atoms with van der Waals surface area (Å²) in [5, 5.41) is 0.630. The summed E-state index contributed by atoms with van der Waals surface area (Å²) in [6.07, 6.45) is 1.98. The summed E-state index contributed by atoms with van der Waals surface area (Å²) in [7, 11) is -3.44. The molecule has 0 spiro atoms. The van der Waals surface area contributed by atoms with Crippen LogP contribution in [0.4, 0.5) is 0 Å². The molecule has 1 heterocycles. The van der Waals surface area contributed by atoms with Crippen molar-refractivity contribution in [3.63, 3.8) is 0 Å². The number of halogens is 2. The standard InChI is InChI=1S/C12H15Cl2NO2S/c1-9-3-2-6-15(8-9)18(16,17)10-4-5-11(13)12(14)7-10/h4-5,7,9H,2-3,6,8H2,1H3/t9-/m0/s1. The van der Waals surface area contributed by atoms with Crippen molar-refractivity contribution < 1.29 is 8.42 Å². The minimum absolute atomic E-state index is 0.214. The van der Waals surface area contributed by atoms with Gasteiger partial charge in [-0.3, -0.25) is 0 Å². The van der Waals surface area contributed by atoms with E-state index in [0.29, 0.717) is 24.0 Å². The van der Waals surface area contributed by atoms with Gasteiger partial charge in [0, 0.05) is 13.1 Å². The van der Waals surface area contributed by atoms with Gasteiger partial charge in [0.15, 0.2) is 0 Å². The van der Waals surface area contributed by atoms with Crippen LogP contribution in [0.25, 0.3) is 0 Å². The average Bonchev–Trinajstić information content (AvgIpc) is 2.32. The van der Waals surface area contributed by atoms with Crippen LogP contribution >= 0.6 is 23.2 Å². The van der Waals surface area contributed by atoms with Crippen LogP contribution in [0, 0.1) is 5.92 Å². The third kappa shape index (κ3) is 2.82. The molecule has 0 aromatic heterocycles. The molecule has 3 nitrogen and oxygen atoms in total. The van der Waals surface area contributed by atoms with Gasteiger partial charge in [-0.1, -0.05) is 30.1 Å². The van der Waals surface area contributed by atoms with Crippen LogP contribution in [0.15, 0.2) is 23.1 Å². The molecule has 0 aliphatic carbocycles. The molecule has 18 heavy (non-hydrogen) atoms. The summed E-state index contributed by atoms with van der Waals surface area (Å²) in [6.45, 7) is 3.21. The third-order valence-electron chi connectivity index (χ3n) is 3.15. The van der Waals surface area contributed by atoms with E-state index in [4.69, 9.17) is 23.2 Å². The van der Waals surface area contributed by atoms with E-state index in [2.05, 4.69) is 6.92 Å². The van der Waals surface area contributed by atoms with Crippen LogP contribution in [0.2, 0.25) is 10.0 Å². The molecule has 2 rings (SSSR count). The first-order valence-electron chi connectivity index (χ1n) is 5.86. The normalized spacial score (nSPS) is 22.1. The second kappa shape index (κ2) is 5.37. The molecule has 1 aliphatic heterocycles. The molecule has 0 amide bonds. The van der Waals surface area contributed by atoms with Crippen molar-refractivity contribution in [3.8, 4) is 0 Å². The summed E-state index contributed by atoms with van der Waals surface area (Å²) < 4.78 is 26.4. The van der Waals surface area contributed by atoms with Gasteiger partial charge in [-0.2, -0.15) is 4.31 Å². The number of rotatable bonds is 2. The predicted octanol–water partition coefficient (Wildman–Crippen LogP) is 3.41. The minimum atomic E-state index is -3.44. The lowest BCUT2D eigenvalue weighted by Gasteiger charge is -2.30. The fourth-order valence-electron chi connectivity index (χ4n) is 2.15. The maximum atomic E-state index is 12.4. The fourth-order valence-corrected chi connectivity index (χ4v) is 4.14. The quantitative estimate of drug-likeness (QED) is 0.839. The largest absolute Gasteiger partial charge is 0.243 e. The van der Waals surface area contributed by atoms with Gasteiger partial charge in [0.05, 0.1) is 14.9 Å². The SMILES string of the molecule is C[C@H]1CCCN(S(=O)(=O)c2ccc(Cl)c(Cl)c2)C1. The highest BCUT2D eigenvalue weighted by Crippen LogP contribution is 2.28. The Hall–Kier alpha value is -0.290. The van der Waals surface area contributed by atoms with Crippen LogP contribution in [0.1, 0.15) is 19.8 Å². The molecule has 0 saturated carbocycles. The Bertz CT molecular complexity index is 545. The highest BCUT2D eigenvalue weighted by molar-refractivity contribution is 7.89. The fraction of sp³-hybridized carbons (Fsp3) is 0.500. The molecule has 1 aliphatic rings. The van der Waals surface area contributed by atoms with Crippen LogP contribution < -0.4 is 0 Å². The average molecular weight is 308 g/mol. The van der Waals surface area contributed by atoms with Gasteiger partial charge in [0.1, 0.15) is 0 Å². The maximum absolute atomic E-state index is 12.4. The molecule has 1 aromatic rings. The Balaban J connectivity index is 2.32. The predicted molar refractivity (Wildman–Crippen MR) is 73.6 cm³/mol. The summed E-state index contributed by atoms with van der Waals surface area (Å²) in [5.41, 5.74) is 0. The molecule has 6 heteroatoms. The van der Waals surface area contributed by atoms with E-state index in [-0.39, 0.29) is 9.92 Å². The van der Waals surface area contributed by atoms with Gasteiger partial charge >= 0.3 is 0 Å². The zero-order valence-corrected chi connectivity index (χ0v) is 12.4. The lowest BCUT2D eigenvalue weighted by Crippen LogP contribution is -2.39. The molecule has 0 bridgehead atoms. The van der Waals surface area contributed by atoms with Gasteiger partial charge in [0.2, 0.25) is 10.0 Å². The molecule has 0 N–H and O–H groups in total. The molecule has 1 aromatic carbocycles. The summed E-state index contributed by atoms with van der Waals surface area (Å²) in [6, 6.07) is 4.44. The molecule has 100 valence electrons. The Kier molecular flexibility index (Phi) is 4.22. The molecule has 1 saturated heterocycles. The smallest absolute Gasteiger partial charge is 0.207 e. The zero-order chi connectivity index (χ0) is 13.3. The van der Waals surface area contributed by atoms with Crippen molar-refractivity contribution >= 4 is 33.2 Å². The van der Waals surface area contributed by atoms with E-state index in [9.17, 15) is 8.42 Å². The highest BCUT2D eigenvalue weighted by Gasteiger charge is 2.28. The van der Waals surface area contributed by atoms with Crippen molar-refractivity contribution in [2.75, 3.05) is 13.1 Å². The second-order valence-electron chi connectivity index (χ2n) is 4.69. The first-order chi connectivity index (χ1) is 8.41. The van der Waals surface area contributed by atoms with Crippen molar-refractivity contribution in [1.29, 1.82) is 0 Å². The van der Waals surface area contributed by atoms with Gasteiger partial charge in [-0.15, -0.1) is 0 Å². The summed E-state index contributed by atoms with van der Waals surface area (Å²) >= 11 is 11.7. The molecule has 0 unspecified atom stereocenters. The van der Waals surface area contributed by atoms with Gasteiger partial charge in [-0.05, 0) is 37.0 Å². The summed E-state index contributed by atoms with van der Waals surface area (Å²) in [5.74, 6) is 0.399. The van der Waals surface area contributed by atoms with E-state index in [1.807, 2.05) is 0 Å². The van der Waals surface area contributed by atoms with Crippen LogP contribution in [-0.2, 0) is 10.0 Å². The molecular formula is C12H15Cl2NO2S. The molecule has 0 radical (unpaired) electrons. The topological polar surface area (TPSA) is 37.4 Å². The lowest BCUT2D eigenvalue weighted by molar-refractivity contribution is 0.281. The van der Waals surface area contributed by atoms with E-state index in [0.717, 1.165) is 12.8 Å². The molecule has 1 fully saturated rings.